The van der Waals surface area contributed by atoms with Gasteiger partial charge < -0.3 is 0 Å². The summed E-state index contributed by atoms with van der Waals surface area (Å²) in [6, 6.07) is 0. The van der Waals surface area contributed by atoms with Crippen LogP contribution >= 0.6 is 0 Å². The summed E-state index contributed by atoms with van der Waals surface area (Å²) in [6.07, 6.45) is 19.0. The van der Waals surface area contributed by atoms with Crippen molar-refractivity contribution in [1.82, 2.24) is 0 Å². The van der Waals surface area contributed by atoms with Crippen LogP contribution in [0.4, 0.5) is 0 Å². The predicted octanol–water partition coefficient (Wildman–Crippen LogP) is 9.35. The van der Waals surface area contributed by atoms with E-state index < -0.39 is 0 Å². The summed E-state index contributed by atoms with van der Waals surface area (Å²) >= 11 is 0. The number of hydrogen-bond acceptors (Lipinski definition) is 1. The van der Waals surface area contributed by atoms with Gasteiger partial charge in [-0.2, -0.15) is 0 Å². The van der Waals surface area contributed by atoms with E-state index in [1.165, 1.54) is 50.5 Å². The Morgan fingerprint density at radius 2 is 1.76 bits per heavy atom. The monoisotopic (exact) mass is 452 g/mol. The van der Waals surface area contributed by atoms with E-state index in [-0.39, 0.29) is 5.41 Å². The quantitative estimate of drug-likeness (QED) is 0.352. The molecule has 0 amide bonds. The molecule has 33 heavy (non-hydrogen) atoms. The molecule has 0 aromatic carbocycles. The lowest BCUT2D eigenvalue weighted by Gasteiger charge is -2.58. The van der Waals surface area contributed by atoms with E-state index in [4.69, 9.17) is 0 Å². The van der Waals surface area contributed by atoms with Crippen LogP contribution in [0.15, 0.2) is 36.0 Å². The maximum atomic E-state index is 12.2. The molecule has 0 spiro atoms. The summed E-state index contributed by atoms with van der Waals surface area (Å²) in [5.41, 5.74) is 3.61. The van der Waals surface area contributed by atoms with Crippen LogP contribution in [-0.2, 0) is 4.79 Å². The molecule has 1 nitrogen and oxygen atoms in total. The third kappa shape index (κ3) is 4.85. The molecule has 2 saturated carbocycles. The van der Waals surface area contributed by atoms with Crippen molar-refractivity contribution in [3.63, 3.8) is 0 Å². The highest BCUT2D eigenvalue weighted by molar-refractivity contribution is 5.92. The summed E-state index contributed by atoms with van der Waals surface area (Å²) in [4.78, 5) is 12.2. The molecule has 4 rings (SSSR count). The molecule has 0 saturated heterocycles. The van der Waals surface area contributed by atoms with E-state index in [1.807, 2.05) is 19.9 Å². The molecule has 0 N–H and O–H groups in total. The van der Waals surface area contributed by atoms with E-state index in [0.29, 0.717) is 23.0 Å². The van der Waals surface area contributed by atoms with Crippen LogP contribution in [0.1, 0.15) is 113 Å². The zero-order valence-corrected chi connectivity index (χ0v) is 22.9. The first-order chi connectivity index (χ1) is 15.7. The molecule has 4 aliphatic carbocycles. The van der Waals surface area contributed by atoms with Crippen molar-refractivity contribution in [2.45, 2.75) is 113 Å². The van der Waals surface area contributed by atoms with Crippen LogP contribution in [0.5, 0.6) is 0 Å². The second-order valence-electron chi connectivity index (χ2n) is 12.5. The smallest absolute Gasteiger partial charge is 0.156 e. The van der Waals surface area contributed by atoms with Gasteiger partial charge in [0.05, 0.1) is 0 Å². The minimum atomic E-state index is 0.200. The molecule has 7 atom stereocenters. The fourth-order valence-electron chi connectivity index (χ4n) is 8.60. The highest BCUT2D eigenvalue weighted by Crippen LogP contribution is 2.68. The van der Waals surface area contributed by atoms with Crippen molar-refractivity contribution in [3.8, 4) is 0 Å². The Kier molecular flexibility index (Phi) is 8.56. The third-order valence-corrected chi connectivity index (χ3v) is 10.3. The predicted molar refractivity (Wildman–Crippen MR) is 143 cm³/mol. The zero-order valence-electron chi connectivity index (χ0n) is 22.9. The molecule has 0 aromatic rings. The lowest BCUT2D eigenvalue weighted by atomic mass is 9.46. The average Bonchev–Trinajstić information content (AvgIpc) is 3.13. The molecular formula is C32H52O. The van der Waals surface area contributed by atoms with Gasteiger partial charge in [-0.1, -0.05) is 85.5 Å². The lowest BCUT2D eigenvalue weighted by molar-refractivity contribution is -0.116. The number of hydrogen-bond donors (Lipinski definition) is 0. The number of rotatable bonds is 7. The van der Waals surface area contributed by atoms with Crippen molar-refractivity contribution >= 4 is 5.78 Å². The van der Waals surface area contributed by atoms with Crippen LogP contribution in [-0.4, -0.2) is 5.78 Å². The molecular weight excluding hydrogens is 400 g/mol. The molecule has 1 heteroatoms. The van der Waals surface area contributed by atoms with Gasteiger partial charge in [0, 0.05) is 6.42 Å². The minimum absolute atomic E-state index is 0.200. The first-order valence-corrected chi connectivity index (χ1v) is 14.3. The molecule has 2 fully saturated rings. The SMILES string of the molecule is C=CCC1=CC2=CC(=O)CCC2(C)C2CCC3(C)C(C(C)CCCC(C)C)CCC3C12.CC. The van der Waals surface area contributed by atoms with Gasteiger partial charge >= 0.3 is 0 Å². The maximum Gasteiger partial charge on any atom is 0.156 e. The number of carbonyl (C=O) groups excluding carboxylic acids is 1. The summed E-state index contributed by atoms with van der Waals surface area (Å²) in [5.74, 6) is 5.10. The minimum Gasteiger partial charge on any atom is -0.295 e. The van der Waals surface area contributed by atoms with Crippen molar-refractivity contribution in [2.24, 2.45) is 46.3 Å². The molecule has 4 aliphatic rings. The number of ketones is 1. The number of carbonyl (C=O) groups is 1. The van der Waals surface area contributed by atoms with Crippen molar-refractivity contribution in [3.05, 3.63) is 36.0 Å². The van der Waals surface area contributed by atoms with Gasteiger partial charge in [-0.05, 0) is 96.5 Å². The normalized spacial score (nSPS) is 38.2. The van der Waals surface area contributed by atoms with E-state index in [2.05, 4.69) is 53.3 Å². The lowest BCUT2D eigenvalue weighted by Crippen LogP contribution is -2.51. The van der Waals surface area contributed by atoms with E-state index in [1.54, 1.807) is 5.57 Å². The summed E-state index contributed by atoms with van der Waals surface area (Å²) in [7, 11) is 0. The van der Waals surface area contributed by atoms with E-state index >= 15 is 0 Å². The van der Waals surface area contributed by atoms with Gasteiger partial charge in [-0.15, -0.1) is 6.58 Å². The highest BCUT2D eigenvalue weighted by atomic mass is 16.1. The summed E-state index contributed by atoms with van der Waals surface area (Å²) in [5, 5.41) is 0. The maximum absolute atomic E-state index is 12.2. The van der Waals surface area contributed by atoms with Crippen molar-refractivity contribution in [1.29, 1.82) is 0 Å². The van der Waals surface area contributed by atoms with Crippen LogP contribution in [0, 0.1) is 46.3 Å². The Bertz CT molecular complexity index is 769. The fraction of sp³-hybridized carbons (Fsp3) is 0.781. The second kappa shape index (κ2) is 10.7. The van der Waals surface area contributed by atoms with Gasteiger partial charge in [0.15, 0.2) is 5.78 Å². The van der Waals surface area contributed by atoms with Gasteiger partial charge in [-0.3, -0.25) is 4.79 Å². The zero-order chi connectivity index (χ0) is 24.4. The molecule has 0 radical (unpaired) electrons. The Morgan fingerprint density at radius 1 is 1.03 bits per heavy atom. The van der Waals surface area contributed by atoms with Crippen LogP contribution in [0.3, 0.4) is 0 Å². The summed E-state index contributed by atoms with van der Waals surface area (Å²) in [6.45, 7) is 20.5. The average molecular weight is 453 g/mol. The first kappa shape index (κ1) is 26.5. The molecule has 7 unspecified atom stereocenters. The fourth-order valence-corrected chi connectivity index (χ4v) is 8.60. The standard InChI is InChI=1S/C30H46O.C2H6/c1-7-9-22-18-23-19-24(31)14-16-29(23,5)27-15-17-30(6)25(12-13-26(30)28(22)27)21(4)11-8-10-20(2)3;1-2/h7,18-21,25-28H,1,8-17H2,2-6H3;1-2H3. The van der Waals surface area contributed by atoms with E-state index in [9.17, 15) is 4.79 Å². The topological polar surface area (TPSA) is 17.1 Å². The highest BCUT2D eigenvalue weighted by Gasteiger charge is 2.59. The first-order valence-electron chi connectivity index (χ1n) is 14.3. The number of fused-ring (bicyclic) bond motifs is 5. The van der Waals surface area contributed by atoms with Crippen molar-refractivity contribution in [2.75, 3.05) is 0 Å². The third-order valence-electron chi connectivity index (χ3n) is 10.3. The largest absolute Gasteiger partial charge is 0.295 e. The molecule has 0 aliphatic heterocycles. The Labute approximate surface area is 205 Å². The molecule has 0 heterocycles. The van der Waals surface area contributed by atoms with Crippen LogP contribution in [0.2, 0.25) is 0 Å². The molecule has 0 bridgehead atoms. The van der Waals surface area contributed by atoms with Crippen LogP contribution < -0.4 is 0 Å². The van der Waals surface area contributed by atoms with Gasteiger partial charge in [-0.25, -0.2) is 0 Å². The Balaban J connectivity index is 0.00000149. The van der Waals surface area contributed by atoms with Crippen molar-refractivity contribution < 1.29 is 4.79 Å². The number of allylic oxidation sites excluding steroid dienone is 5. The molecule has 0 aromatic heterocycles. The van der Waals surface area contributed by atoms with Gasteiger partial charge in [0.25, 0.3) is 0 Å². The second-order valence-corrected chi connectivity index (χ2v) is 12.5. The van der Waals surface area contributed by atoms with Gasteiger partial charge in [0.2, 0.25) is 0 Å². The molecule has 186 valence electrons. The van der Waals surface area contributed by atoms with Gasteiger partial charge in [0.1, 0.15) is 0 Å². The van der Waals surface area contributed by atoms with E-state index in [0.717, 1.165) is 42.9 Å². The Hall–Kier alpha value is -1.11. The Morgan fingerprint density at radius 3 is 2.42 bits per heavy atom. The summed E-state index contributed by atoms with van der Waals surface area (Å²) < 4.78 is 0. The van der Waals surface area contributed by atoms with Crippen LogP contribution in [0.25, 0.3) is 0 Å².